The van der Waals surface area contributed by atoms with Crippen LogP contribution in [0.25, 0.3) is 0 Å². The Bertz CT molecular complexity index is 412. The van der Waals surface area contributed by atoms with Crippen molar-refractivity contribution in [3.63, 3.8) is 0 Å². The number of likely N-dealkylation sites (tertiary alicyclic amines) is 1. The minimum absolute atomic E-state index is 0.160. The van der Waals surface area contributed by atoms with E-state index in [2.05, 4.69) is 0 Å². The molecule has 8 heteroatoms. The number of carbonyl (C=O) groups excluding carboxylic acids is 1. The summed E-state index contributed by atoms with van der Waals surface area (Å²) in [6, 6.07) is -0.626. The Hall–Kier alpha value is -0.620. The molecule has 1 aliphatic rings. The molecule has 2 atom stereocenters. The van der Waals surface area contributed by atoms with E-state index >= 15 is 0 Å². The number of amides is 1. The number of rotatable bonds is 6. The molecular weight excluding hydrogens is 309 g/mol. The van der Waals surface area contributed by atoms with Crippen LogP contribution in [0.5, 0.6) is 0 Å². The van der Waals surface area contributed by atoms with Gasteiger partial charge in [0.05, 0.1) is 19.3 Å². The van der Waals surface area contributed by atoms with E-state index in [-0.39, 0.29) is 13.2 Å². The fourth-order valence-electron chi connectivity index (χ4n) is 2.41. The zero-order chi connectivity index (χ0) is 17.0. The van der Waals surface area contributed by atoms with Crippen LogP contribution in [0, 0.1) is 0 Å². The molecule has 0 aromatic carbocycles. The van der Waals surface area contributed by atoms with Crippen molar-refractivity contribution in [1.82, 2.24) is 4.90 Å². The van der Waals surface area contributed by atoms with E-state index in [0.29, 0.717) is 19.4 Å². The number of carbonyl (C=O) groups is 1. The van der Waals surface area contributed by atoms with Gasteiger partial charge >= 0.3 is 13.7 Å². The second-order valence-corrected chi connectivity index (χ2v) is 8.30. The van der Waals surface area contributed by atoms with Gasteiger partial charge in [-0.25, -0.2) is 4.79 Å². The lowest BCUT2D eigenvalue weighted by molar-refractivity contribution is 0.0110. The standard InChI is InChI=1S/C14H28NO6P/c1-6-19-22(18,20-7-2)12(16)11-9-8-10-15(11)13(17)21-14(3,4)5/h11-12,16H,6-10H2,1-5H3/t11-,12?/m0/s1. The molecule has 22 heavy (non-hydrogen) atoms. The molecule has 1 heterocycles. The zero-order valence-electron chi connectivity index (χ0n) is 14.1. The Morgan fingerprint density at radius 1 is 1.32 bits per heavy atom. The average molecular weight is 337 g/mol. The lowest BCUT2D eigenvalue weighted by atomic mass is 10.2. The molecule has 1 rings (SSSR count). The molecule has 0 aromatic heterocycles. The average Bonchev–Trinajstić information content (AvgIpc) is 2.85. The van der Waals surface area contributed by atoms with Crippen molar-refractivity contribution in [2.24, 2.45) is 0 Å². The lowest BCUT2D eigenvalue weighted by Crippen LogP contribution is -2.45. The molecule has 1 N–H and O–H groups in total. The first kappa shape index (κ1) is 19.4. The highest BCUT2D eigenvalue weighted by Crippen LogP contribution is 2.54. The molecular formula is C14H28NO6P. The Morgan fingerprint density at radius 2 is 1.86 bits per heavy atom. The lowest BCUT2D eigenvalue weighted by Gasteiger charge is -2.33. The van der Waals surface area contributed by atoms with Crippen LogP contribution in [0.15, 0.2) is 0 Å². The Kier molecular flexibility index (Phi) is 6.86. The number of aliphatic hydroxyl groups excluding tert-OH is 1. The normalized spacial score (nSPS) is 21.0. The summed E-state index contributed by atoms with van der Waals surface area (Å²) in [5.74, 6) is -1.37. The molecule has 130 valence electrons. The number of ether oxygens (including phenoxy) is 1. The van der Waals surface area contributed by atoms with E-state index < -0.39 is 31.2 Å². The topological polar surface area (TPSA) is 85.3 Å². The second kappa shape index (κ2) is 7.77. The molecule has 1 unspecified atom stereocenters. The van der Waals surface area contributed by atoms with Crippen molar-refractivity contribution < 1.29 is 28.3 Å². The maximum absolute atomic E-state index is 12.7. The van der Waals surface area contributed by atoms with E-state index in [1.807, 2.05) is 0 Å². The molecule has 0 bridgehead atoms. The Morgan fingerprint density at radius 3 is 2.32 bits per heavy atom. The summed E-state index contributed by atoms with van der Waals surface area (Å²) in [5.41, 5.74) is -0.626. The van der Waals surface area contributed by atoms with E-state index in [9.17, 15) is 14.5 Å². The highest BCUT2D eigenvalue weighted by molar-refractivity contribution is 7.54. The van der Waals surface area contributed by atoms with Gasteiger partial charge in [0.1, 0.15) is 5.60 Å². The molecule has 1 saturated heterocycles. The monoisotopic (exact) mass is 337 g/mol. The number of aliphatic hydroxyl groups is 1. The van der Waals surface area contributed by atoms with Gasteiger partial charge < -0.3 is 23.8 Å². The van der Waals surface area contributed by atoms with E-state index in [4.69, 9.17) is 13.8 Å². The minimum atomic E-state index is -3.68. The van der Waals surface area contributed by atoms with Crippen molar-refractivity contribution in [1.29, 1.82) is 0 Å². The van der Waals surface area contributed by atoms with Crippen LogP contribution in [0.3, 0.4) is 0 Å². The van der Waals surface area contributed by atoms with Crippen LogP contribution in [-0.4, -0.2) is 53.3 Å². The highest BCUT2D eigenvalue weighted by Gasteiger charge is 2.46. The number of hydrogen-bond acceptors (Lipinski definition) is 6. The van der Waals surface area contributed by atoms with Crippen molar-refractivity contribution >= 4 is 13.7 Å². The van der Waals surface area contributed by atoms with Crippen LogP contribution in [-0.2, 0) is 18.3 Å². The first-order valence-corrected chi connectivity index (χ1v) is 9.32. The predicted molar refractivity (Wildman–Crippen MR) is 82.8 cm³/mol. The molecule has 0 radical (unpaired) electrons. The smallest absolute Gasteiger partial charge is 0.410 e. The van der Waals surface area contributed by atoms with Gasteiger partial charge in [0.25, 0.3) is 0 Å². The third-order valence-electron chi connectivity index (χ3n) is 3.21. The van der Waals surface area contributed by atoms with Crippen LogP contribution in [0.2, 0.25) is 0 Å². The molecule has 1 fully saturated rings. The zero-order valence-corrected chi connectivity index (χ0v) is 15.0. The third kappa shape index (κ3) is 4.95. The van der Waals surface area contributed by atoms with Crippen molar-refractivity contribution in [2.75, 3.05) is 19.8 Å². The summed E-state index contributed by atoms with van der Waals surface area (Å²) in [5, 5.41) is 10.5. The number of nitrogens with zero attached hydrogens (tertiary/aromatic N) is 1. The van der Waals surface area contributed by atoms with Crippen LogP contribution in [0.1, 0.15) is 47.5 Å². The van der Waals surface area contributed by atoms with Gasteiger partial charge in [0, 0.05) is 6.54 Å². The summed E-state index contributed by atoms with van der Waals surface area (Å²) in [6.45, 7) is 9.46. The summed E-state index contributed by atoms with van der Waals surface area (Å²) in [4.78, 5) is 13.7. The number of hydrogen-bond donors (Lipinski definition) is 1. The first-order chi connectivity index (χ1) is 10.1. The second-order valence-electron chi connectivity index (χ2n) is 6.17. The Labute approximate surface area is 132 Å². The molecule has 7 nitrogen and oxygen atoms in total. The van der Waals surface area contributed by atoms with Gasteiger partial charge in [0.15, 0.2) is 5.85 Å². The van der Waals surface area contributed by atoms with Gasteiger partial charge in [-0.05, 0) is 47.5 Å². The van der Waals surface area contributed by atoms with Crippen molar-refractivity contribution in [3.8, 4) is 0 Å². The largest absolute Gasteiger partial charge is 0.444 e. The first-order valence-electron chi connectivity index (χ1n) is 7.71. The fourth-order valence-corrected chi connectivity index (χ4v) is 4.24. The molecule has 1 amide bonds. The van der Waals surface area contributed by atoms with E-state index in [0.717, 1.165) is 0 Å². The fraction of sp³-hybridized carbons (Fsp3) is 0.929. The van der Waals surface area contributed by atoms with Crippen molar-refractivity contribution in [3.05, 3.63) is 0 Å². The van der Waals surface area contributed by atoms with Crippen LogP contribution < -0.4 is 0 Å². The maximum Gasteiger partial charge on any atom is 0.410 e. The molecule has 0 spiro atoms. The maximum atomic E-state index is 12.7. The SMILES string of the molecule is CCOP(=O)(OCC)C(O)[C@@H]1CCCN1C(=O)OC(C)(C)C. The molecule has 0 aromatic rings. The summed E-state index contributed by atoms with van der Waals surface area (Å²) >= 11 is 0. The predicted octanol–water partition coefficient (Wildman–Crippen LogP) is 2.97. The van der Waals surface area contributed by atoms with Gasteiger partial charge in [-0.15, -0.1) is 0 Å². The van der Waals surface area contributed by atoms with Gasteiger partial charge in [-0.3, -0.25) is 4.57 Å². The van der Waals surface area contributed by atoms with Gasteiger partial charge in [-0.2, -0.15) is 0 Å². The van der Waals surface area contributed by atoms with E-state index in [1.165, 1.54) is 4.90 Å². The van der Waals surface area contributed by atoms with Gasteiger partial charge in [-0.1, -0.05) is 0 Å². The molecule has 1 aliphatic heterocycles. The van der Waals surface area contributed by atoms with Crippen LogP contribution in [0.4, 0.5) is 4.79 Å². The quantitative estimate of drug-likeness (QED) is 0.750. The highest BCUT2D eigenvalue weighted by atomic mass is 31.2. The van der Waals surface area contributed by atoms with Gasteiger partial charge in [0.2, 0.25) is 0 Å². The van der Waals surface area contributed by atoms with Crippen LogP contribution >= 0.6 is 7.60 Å². The Balaban J connectivity index is 2.88. The van der Waals surface area contributed by atoms with E-state index in [1.54, 1.807) is 34.6 Å². The minimum Gasteiger partial charge on any atom is -0.444 e. The molecule has 0 aliphatic carbocycles. The molecule has 0 saturated carbocycles. The third-order valence-corrected chi connectivity index (χ3v) is 5.44. The summed E-state index contributed by atoms with van der Waals surface area (Å²) in [7, 11) is -3.68. The van der Waals surface area contributed by atoms with Crippen molar-refractivity contribution in [2.45, 2.75) is 64.9 Å². The summed E-state index contributed by atoms with van der Waals surface area (Å²) in [6.07, 6.45) is 0.720. The summed E-state index contributed by atoms with van der Waals surface area (Å²) < 4.78 is 28.4.